The maximum absolute atomic E-state index is 13.6. The first-order valence-electron chi connectivity index (χ1n) is 6.28. The molecule has 1 heterocycles. The van der Waals surface area contributed by atoms with E-state index in [1.165, 1.54) is 12.1 Å². The fourth-order valence-electron chi connectivity index (χ4n) is 2.14. The fourth-order valence-corrected chi connectivity index (χ4v) is 4.19. The molecule has 0 bridgehead atoms. The predicted molar refractivity (Wildman–Crippen MR) is 77.3 cm³/mol. The first-order valence-corrected chi connectivity index (χ1v) is 8.52. The first-order chi connectivity index (χ1) is 9.42. The van der Waals surface area contributed by atoms with E-state index in [0.29, 0.717) is 6.42 Å². The van der Waals surface area contributed by atoms with E-state index >= 15 is 0 Å². The minimum Gasteiger partial charge on any atom is -0.317 e. The second-order valence-electron chi connectivity index (χ2n) is 4.67. The van der Waals surface area contributed by atoms with Gasteiger partial charge in [-0.2, -0.15) is 0 Å². The summed E-state index contributed by atoms with van der Waals surface area (Å²) in [5.74, 6) is -0.918. The van der Waals surface area contributed by atoms with Crippen LogP contribution in [0.25, 0.3) is 0 Å². The van der Waals surface area contributed by atoms with Gasteiger partial charge in [0.25, 0.3) is 0 Å². The third-order valence-electron chi connectivity index (χ3n) is 3.19. The van der Waals surface area contributed by atoms with E-state index in [0.717, 1.165) is 25.9 Å². The van der Waals surface area contributed by atoms with Crippen molar-refractivity contribution in [2.75, 3.05) is 13.1 Å². The molecule has 2 rings (SSSR count). The zero-order valence-electron chi connectivity index (χ0n) is 10.6. The summed E-state index contributed by atoms with van der Waals surface area (Å²) >= 11 is 11.3. The van der Waals surface area contributed by atoms with Crippen LogP contribution in [0.3, 0.4) is 0 Å². The molecular formula is C12H15Cl2FN2O2S. The molecule has 0 aliphatic carbocycles. The van der Waals surface area contributed by atoms with E-state index in [2.05, 4.69) is 10.0 Å². The Morgan fingerprint density at radius 2 is 2.00 bits per heavy atom. The molecule has 0 aromatic heterocycles. The van der Waals surface area contributed by atoms with Gasteiger partial charge in [0, 0.05) is 6.04 Å². The number of sulfonamides is 1. The fraction of sp³-hybridized carbons (Fsp3) is 0.500. The van der Waals surface area contributed by atoms with Crippen molar-refractivity contribution in [3.63, 3.8) is 0 Å². The minimum absolute atomic E-state index is 0.176. The van der Waals surface area contributed by atoms with Crippen molar-refractivity contribution in [3.05, 3.63) is 28.0 Å². The Labute approximate surface area is 127 Å². The lowest BCUT2D eigenvalue weighted by Crippen LogP contribution is -2.35. The van der Waals surface area contributed by atoms with Gasteiger partial charge in [-0.25, -0.2) is 17.5 Å². The van der Waals surface area contributed by atoms with Crippen LogP contribution in [0.15, 0.2) is 17.0 Å². The molecule has 1 fully saturated rings. The van der Waals surface area contributed by atoms with Crippen LogP contribution < -0.4 is 10.0 Å². The van der Waals surface area contributed by atoms with Gasteiger partial charge in [0.15, 0.2) is 5.82 Å². The molecule has 8 heteroatoms. The Morgan fingerprint density at radius 3 is 2.75 bits per heavy atom. The molecule has 112 valence electrons. The molecule has 1 unspecified atom stereocenters. The van der Waals surface area contributed by atoms with Crippen LogP contribution in [0.5, 0.6) is 0 Å². The van der Waals surface area contributed by atoms with Crippen molar-refractivity contribution < 1.29 is 12.8 Å². The molecule has 1 aromatic rings. The highest BCUT2D eigenvalue weighted by molar-refractivity contribution is 7.89. The molecule has 1 aromatic carbocycles. The summed E-state index contributed by atoms with van der Waals surface area (Å²) in [6, 6.07) is 2.22. The number of hydrogen-bond acceptors (Lipinski definition) is 3. The van der Waals surface area contributed by atoms with Gasteiger partial charge in [-0.3, -0.25) is 0 Å². The maximum atomic E-state index is 13.6. The molecule has 0 amide bonds. The van der Waals surface area contributed by atoms with Gasteiger partial charge in [0.05, 0.1) is 10.0 Å². The topological polar surface area (TPSA) is 58.2 Å². The van der Waals surface area contributed by atoms with Crippen LogP contribution in [0, 0.1) is 5.82 Å². The van der Waals surface area contributed by atoms with Crippen molar-refractivity contribution in [1.82, 2.24) is 10.0 Å². The summed E-state index contributed by atoms with van der Waals surface area (Å²) < 4.78 is 40.7. The summed E-state index contributed by atoms with van der Waals surface area (Å²) in [5, 5.41) is 2.52. The summed E-state index contributed by atoms with van der Waals surface area (Å²) in [7, 11) is -3.85. The molecule has 20 heavy (non-hydrogen) atoms. The van der Waals surface area contributed by atoms with Crippen LogP contribution >= 0.6 is 23.2 Å². The van der Waals surface area contributed by atoms with Crippen LogP contribution in [0.4, 0.5) is 4.39 Å². The Balaban J connectivity index is 2.24. The van der Waals surface area contributed by atoms with Crippen LogP contribution in [-0.4, -0.2) is 27.5 Å². The molecule has 1 aliphatic rings. The third-order valence-corrected chi connectivity index (χ3v) is 5.52. The van der Waals surface area contributed by atoms with Gasteiger partial charge < -0.3 is 5.32 Å². The van der Waals surface area contributed by atoms with Crippen LogP contribution in [-0.2, 0) is 10.0 Å². The molecule has 0 saturated carbocycles. The molecular weight excluding hydrogens is 326 g/mol. The monoisotopic (exact) mass is 340 g/mol. The standard InChI is InChI=1S/C12H15Cl2FN2O2S/c13-9-3-4-10(11(14)12(9)15)20(18,19)17-8-2-1-6-16-7-5-8/h3-4,8,16-17H,1-2,5-7H2. The highest BCUT2D eigenvalue weighted by Crippen LogP contribution is 2.29. The Morgan fingerprint density at radius 1 is 1.25 bits per heavy atom. The Hall–Kier alpha value is -0.400. The van der Waals surface area contributed by atoms with Crippen molar-refractivity contribution in [2.45, 2.75) is 30.2 Å². The van der Waals surface area contributed by atoms with E-state index in [1.54, 1.807) is 0 Å². The average molecular weight is 341 g/mol. The van der Waals surface area contributed by atoms with Gasteiger partial charge in [-0.05, 0) is 44.5 Å². The Bertz CT molecular complexity index is 587. The number of hydrogen-bond donors (Lipinski definition) is 2. The van der Waals surface area contributed by atoms with E-state index in [-0.39, 0.29) is 16.0 Å². The summed E-state index contributed by atoms with van der Waals surface area (Å²) in [5.41, 5.74) is 0. The molecule has 2 N–H and O–H groups in total. The third kappa shape index (κ3) is 3.62. The molecule has 0 spiro atoms. The van der Waals surface area contributed by atoms with Crippen LogP contribution in [0.1, 0.15) is 19.3 Å². The number of nitrogens with one attached hydrogen (secondary N) is 2. The lowest BCUT2D eigenvalue weighted by atomic mass is 10.1. The van der Waals surface area contributed by atoms with Gasteiger partial charge in [0.1, 0.15) is 4.90 Å². The average Bonchev–Trinajstić information content (AvgIpc) is 2.63. The van der Waals surface area contributed by atoms with Crippen LogP contribution in [0.2, 0.25) is 10.0 Å². The highest BCUT2D eigenvalue weighted by Gasteiger charge is 2.25. The molecule has 1 atom stereocenters. The maximum Gasteiger partial charge on any atom is 0.242 e. The highest BCUT2D eigenvalue weighted by atomic mass is 35.5. The van der Waals surface area contributed by atoms with E-state index in [1.807, 2.05) is 0 Å². The summed E-state index contributed by atoms with van der Waals surface area (Å²) in [6.07, 6.45) is 2.31. The second kappa shape index (κ2) is 6.58. The van der Waals surface area contributed by atoms with Crippen molar-refractivity contribution >= 4 is 33.2 Å². The van der Waals surface area contributed by atoms with E-state index in [9.17, 15) is 12.8 Å². The lowest BCUT2D eigenvalue weighted by Gasteiger charge is -2.17. The summed E-state index contributed by atoms with van der Waals surface area (Å²) in [6.45, 7) is 1.62. The zero-order valence-corrected chi connectivity index (χ0v) is 13.0. The molecule has 1 aliphatic heterocycles. The van der Waals surface area contributed by atoms with Crippen molar-refractivity contribution in [1.29, 1.82) is 0 Å². The lowest BCUT2D eigenvalue weighted by molar-refractivity contribution is 0.517. The smallest absolute Gasteiger partial charge is 0.242 e. The molecule has 0 radical (unpaired) electrons. The molecule has 1 saturated heterocycles. The zero-order chi connectivity index (χ0) is 14.8. The van der Waals surface area contributed by atoms with Crippen molar-refractivity contribution in [3.8, 4) is 0 Å². The van der Waals surface area contributed by atoms with Gasteiger partial charge in [0.2, 0.25) is 10.0 Å². The normalized spacial score (nSPS) is 20.6. The second-order valence-corrected chi connectivity index (χ2v) is 7.14. The SMILES string of the molecule is O=S(=O)(NC1CCCNCC1)c1ccc(Cl)c(F)c1Cl. The molecule has 4 nitrogen and oxygen atoms in total. The first kappa shape index (κ1) is 16.0. The van der Waals surface area contributed by atoms with E-state index in [4.69, 9.17) is 23.2 Å². The Kier molecular flexibility index (Phi) is 5.25. The number of rotatable bonds is 3. The number of benzene rings is 1. The number of halogens is 3. The van der Waals surface area contributed by atoms with E-state index < -0.39 is 20.9 Å². The van der Waals surface area contributed by atoms with Crippen molar-refractivity contribution in [2.24, 2.45) is 0 Å². The minimum atomic E-state index is -3.85. The van der Waals surface area contributed by atoms with Gasteiger partial charge >= 0.3 is 0 Å². The van der Waals surface area contributed by atoms with Gasteiger partial charge in [-0.1, -0.05) is 23.2 Å². The quantitative estimate of drug-likeness (QED) is 0.831. The summed E-state index contributed by atoms with van der Waals surface area (Å²) in [4.78, 5) is -0.279. The largest absolute Gasteiger partial charge is 0.317 e. The van der Waals surface area contributed by atoms with Gasteiger partial charge in [-0.15, -0.1) is 0 Å². The predicted octanol–water partition coefficient (Wildman–Crippen LogP) is 2.55.